The second-order valence-corrected chi connectivity index (χ2v) is 7.22. The first kappa shape index (κ1) is 17.9. The first-order chi connectivity index (χ1) is 13.5. The molecule has 0 saturated heterocycles. The quantitative estimate of drug-likeness (QED) is 0.495. The molecule has 142 valence electrons. The van der Waals surface area contributed by atoms with Gasteiger partial charge in [-0.2, -0.15) is 5.10 Å². The molecule has 1 atom stereocenters. The Labute approximate surface area is 162 Å². The van der Waals surface area contributed by atoms with E-state index in [2.05, 4.69) is 45.4 Å². The Morgan fingerprint density at radius 2 is 1.96 bits per heavy atom. The molecule has 0 bridgehead atoms. The Kier molecular flexibility index (Phi) is 4.65. The number of carbonyl (C=O) groups excluding carboxylic acids is 1. The fraction of sp³-hybridized carbons (Fsp3) is 0.238. The summed E-state index contributed by atoms with van der Waals surface area (Å²) in [5, 5.41) is 9.84. The second kappa shape index (κ2) is 7.26. The van der Waals surface area contributed by atoms with Gasteiger partial charge >= 0.3 is 0 Å². The van der Waals surface area contributed by atoms with Crippen molar-refractivity contribution >= 4 is 16.9 Å². The van der Waals surface area contributed by atoms with Crippen LogP contribution in [0, 0.1) is 12.8 Å². The number of nitrogens with zero attached hydrogens (tertiary/aromatic N) is 3. The minimum atomic E-state index is -0.247. The van der Waals surface area contributed by atoms with Crippen LogP contribution in [0.2, 0.25) is 0 Å². The van der Waals surface area contributed by atoms with E-state index in [0.717, 1.165) is 22.4 Å². The van der Waals surface area contributed by atoms with Crippen molar-refractivity contribution in [1.82, 2.24) is 30.5 Å². The lowest BCUT2D eigenvalue weighted by Gasteiger charge is -2.21. The van der Waals surface area contributed by atoms with Crippen LogP contribution in [0.4, 0.5) is 0 Å². The van der Waals surface area contributed by atoms with E-state index < -0.39 is 0 Å². The molecule has 0 aliphatic carbocycles. The van der Waals surface area contributed by atoms with Crippen molar-refractivity contribution in [3.63, 3.8) is 0 Å². The normalized spacial score (nSPS) is 12.4. The molecule has 1 amide bonds. The van der Waals surface area contributed by atoms with Gasteiger partial charge in [-0.3, -0.25) is 9.89 Å². The molecule has 0 saturated carbocycles. The number of carbonyl (C=O) groups is 1. The smallest absolute Gasteiger partial charge is 0.252 e. The summed E-state index contributed by atoms with van der Waals surface area (Å²) in [5.41, 5.74) is 4.27. The van der Waals surface area contributed by atoms with Crippen LogP contribution in [-0.2, 0) is 0 Å². The van der Waals surface area contributed by atoms with Crippen LogP contribution in [0.15, 0.2) is 48.8 Å². The van der Waals surface area contributed by atoms with Gasteiger partial charge in [0.15, 0.2) is 5.82 Å². The minimum absolute atomic E-state index is 0.156. The summed E-state index contributed by atoms with van der Waals surface area (Å²) in [6.07, 6.45) is 1.43. The van der Waals surface area contributed by atoms with Crippen LogP contribution >= 0.6 is 0 Å². The monoisotopic (exact) mass is 374 g/mol. The summed E-state index contributed by atoms with van der Waals surface area (Å²) >= 11 is 0. The highest BCUT2D eigenvalue weighted by molar-refractivity contribution is 6.00. The number of rotatable bonds is 5. The molecule has 7 heteroatoms. The molecule has 0 aliphatic rings. The molecular weight excluding hydrogens is 352 g/mol. The molecule has 2 aromatic heterocycles. The number of aromatic nitrogens is 5. The number of hydrogen-bond acceptors (Lipinski definition) is 4. The molecule has 2 heterocycles. The maximum Gasteiger partial charge on any atom is 0.252 e. The van der Waals surface area contributed by atoms with Gasteiger partial charge in [0.05, 0.1) is 22.6 Å². The lowest BCUT2D eigenvalue weighted by atomic mass is 10.0. The topological polar surface area (TPSA) is 99.3 Å². The zero-order valence-corrected chi connectivity index (χ0v) is 16.0. The summed E-state index contributed by atoms with van der Waals surface area (Å²) in [6.45, 7) is 6.17. The zero-order chi connectivity index (χ0) is 19.7. The van der Waals surface area contributed by atoms with Gasteiger partial charge in [0, 0.05) is 5.56 Å². The first-order valence-electron chi connectivity index (χ1n) is 9.25. The third-order valence-electron chi connectivity index (χ3n) is 4.75. The van der Waals surface area contributed by atoms with Gasteiger partial charge in [0.1, 0.15) is 12.2 Å². The van der Waals surface area contributed by atoms with E-state index in [0.29, 0.717) is 17.0 Å². The number of amides is 1. The van der Waals surface area contributed by atoms with Gasteiger partial charge in [-0.1, -0.05) is 38.1 Å². The molecule has 28 heavy (non-hydrogen) atoms. The lowest BCUT2D eigenvalue weighted by molar-refractivity contribution is 0.0924. The molecule has 4 rings (SSSR count). The van der Waals surface area contributed by atoms with E-state index in [-0.39, 0.29) is 17.9 Å². The zero-order valence-electron chi connectivity index (χ0n) is 16.0. The molecule has 4 aromatic rings. The molecule has 0 spiro atoms. The Morgan fingerprint density at radius 3 is 2.71 bits per heavy atom. The molecule has 7 nitrogen and oxygen atoms in total. The number of fused-ring (bicyclic) bond motifs is 1. The maximum atomic E-state index is 13.1. The molecule has 0 fully saturated rings. The predicted molar refractivity (Wildman–Crippen MR) is 108 cm³/mol. The molecule has 3 N–H and O–H groups in total. The van der Waals surface area contributed by atoms with Crippen LogP contribution in [0.3, 0.4) is 0 Å². The number of hydrogen-bond donors (Lipinski definition) is 3. The summed E-state index contributed by atoms with van der Waals surface area (Å²) in [7, 11) is 0. The van der Waals surface area contributed by atoms with Crippen molar-refractivity contribution < 1.29 is 4.79 Å². The van der Waals surface area contributed by atoms with E-state index in [1.807, 2.05) is 37.3 Å². The largest absolute Gasteiger partial charge is 0.342 e. The Hall–Kier alpha value is -3.48. The van der Waals surface area contributed by atoms with Crippen molar-refractivity contribution in [2.24, 2.45) is 5.92 Å². The van der Waals surface area contributed by atoms with E-state index in [1.54, 1.807) is 6.07 Å². The minimum Gasteiger partial charge on any atom is -0.342 e. The number of imidazole rings is 1. The van der Waals surface area contributed by atoms with Crippen molar-refractivity contribution in [3.8, 4) is 11.4 Å². The first-order valence-corrected chi connectivity index (χ1v) is 9.25. The second-order valence-electron chi connectivity index (χ2n) is 7.22. The molecule has 2 aromatic carbocycles. The highest BCUT2D eigenvalue weighted by atomic mass is 16.1. The van der Waals surface area contributed by atoms with Crippen LogP contribution < -0.4 is 5.32 Å². The number of H-pyrrole nitrogens is 2. The Morgan fingerprint density at radius 1 is 1.14 bits per heavy atom. The number of aromatic amines is 2. The number of aryl methyl sites for hydroxylation is 1. The van der Waals surface area contributed by atoms with Gasteiger partial charge < -0.3 is 10.3 Å². The lowest BCUT2D eigenvalue weighted by Crippen LogP contribution is -2.32. The highest BCUT2D eigenvalue weighted by Gasteiger charge is 2.24. The molecule has 0 radical (unpaired) electrons. The summed E-state index contributed by atoms with van der Waals surface area (Å²) in [4.78, 5) is 25.3. The standard InChI is InChI=1S/C21H22N6O/c1-12(2)18(20-24-16-9-8-13(3)10-17(16)25-20)26-21(28)15-7-5-4-6-14(15)19-22-11-23-27-19/h4-12,18H,1-3H3,(H,24,25)(H,26,28)(H,22,23,27). The fourth-order valence-corrected chi connectivity index (χ4v) is 3.28. The van der Waals surface area contributed by atoms with Gasteiger partial charge in [-0.15, -0.1) is 0 Å². The van der Waals surface area contributed by atoms with Crippen LogP contribution in [-0.4, -0.2) is 31.1 Å². The van der Waals surface area contributed by atoms with E-state index in [4.69, 9.17) is 4.98 Å². The third-order valence-corrected chi connectivity index (χ3v) is 4.75. The number of benzene rings is 2. The van der Waals surface area contributed by atoms with E-state index in [1.165, 1.54) is 6.33 Å². The molecule has 0 aliphatic heterocycles. The van der Waals surface area contributed by atoms with E-state index >= 15 is 0 Å². The van der Waals surface area contributed by atoms with Crippen molar-refractivity contribution in [2.45, 2.75) is 26.8 Å². The molecular formula is C21H22N6O. The summed E-state index contributed by atoms with van der Waals surface area (Å²) in [5.74, 6) is 1.29. The summed E-state index contributed by atoms with van der Waals surface area (Å²) in [6, 6.07) is 13.2. The summed E-state index contributed by atoms with van der Waals surface area (Å²) < 4.78 is 0. The van der Waals surface area contributed by atoms with Gasteiger partial charge in [-0.05, 0) is 36.6 Å². The van der Waals surface area contributed by atoms with Crippen LogP contribution in [0.5, 0.6) is 0 Å². The number of nitrogens with one attached hydrogen (secondary N) is 3. The fourth-order valence-electron chi connectivity index (χ4n) is 3.28. The Bertz CT molecular complexity index is 1110. The van der Waals surface area contributed by atoms with Crippen molar-refractivity contribution in [1.29, 1.82) is 0 Å². The molecule has 1 unspecified atom stereocenters. The van der Waals surface area contributed by atoms with Crippen LogP contribution in [0.25, 0.3) is 22.4 Å². The predicted octanol–water partition coefficient (Wildman–Crippen LogP) is 3.78. The maximum absolute atomic E-state index is 13.1. The third kappa shape index (κ3) is 3.38. The SMILES string of the molecule is Cc1ccc2nc(C(NC(=O)c3ccccc3-c3ncn[nH]3)C(C)C)[nH]c2c1. The average Bonchev–Trinajstić information content (AvgIpc) is 3.35. The van der Waals surface area contributed by atoms with Gasteiger partial charge in [-0.25, -0.2) is 9.97 Å². The van der Waals surface area contributed by atoms with Gasteiger partial charge in [0.25, 0.3) is 5.91 Å². The Balaban J connectivity index is 1.66. The highest BCUT2D eigenvalue weighted by Crippen LogP contribution is 2.25. The van der Waals surface area contributed by atoms with Crippen molar-refractivity contribution in [2.75, 3.05) is 0 Å². The van der Waals surface area contributed by atoms with Gasteiger partial charge in [0.2, 0.25) is 0 Å². The van der Waals surface area contributed by atoms with Crippen molar-refractivity contribution in [3.05, 3.63) is 65.7 Å². The average molecular weight is 374 g/mol. The van der Waals surface area contributed by atoms with Crippen LogP contribution in [0.1, 0.15) is 41.6 Å². The van der Waals surface area contributed by atoms with E-state index in [9.17, 15) is 4.79 Å².